The van der Waals surface area contributed by atoms with Crippen LogP contribution in [0.25, 0.3) is 0 Å². The number of nitrogens with two attached hydrogens (primary N) is 1. The van der Waals surface area contributed by atoms with Gasteiger partial charge in [-0.3, -0.25) is 4.79 Å². The van der Waals surface area contributed by atoms with Gasteiger partial charge in [-0.2, -0.15) is 0 Å². The Labute approximate surface area is 85.2 Å². The lowest BCUT2D eigenvalue weighted by Crippen LogP contribution is -2.37. The third kappa shape index (κ3) is 2.96. The average molecular weight is 200 g/mol. The quantitative estimate of drug-likeness (QED) is 0.580. The van der Waals surface area contributed by atoms with Gasteiger partial charge < -0.3 is 15.8 Å². The zero-order chi connectivity index (χ0) is 10.4. The fourth-order valence-electron chi connectivity index (χ4n) is 1.38. The number of carbonyl (C=O) groups excluding carboxylic acids is 1. The summed E-state index contributed by atoms with van der Waals surface area (Å²) < 4.78 is 5.17. The molecule has 1 saturated carbocycles. The van der Waals surface area contributed by atoms with Crippen LogP contribution in [0.15, 0.2) is 0 Å². The molecular formula is C10H20N2O2. The maximum Gasteiger partial charge on any atom is 0.227 e. The van der Waals surface area contributed by atoms with Crippen LogP contribution in [-0.4, -0.2) is 32.2 Å². The maximum absolute atomic E-state index is 11.6. The first-order valence-electron chi connectivity index (χ1n) is 5.31. The van der Waals surface area contributed by atoms with Crippen LogP contribution in [0.1, 0.15) is 26.2 Å². The Kier molecular flexibility index (Phi) is 4.35. The number of rotatable bonds is 7. The molecule has 0 spiro atoms. The largest absolute Gasteiger partial charge is 0.382 e. The lowest BCUT2D eigenvalue weighted by Gasteiger charge is -2.12. The van der Waals surface area contributed by atoms with E-state index in [4.69, 9.17) is 10.5 Å². The molecule has 1 rings (SSSR count). The molecule has 1 amide bonds. The van der Waals surface area contributed by atoms with Crippen LogP contribution in [0.5, 0.6) is 0 Å². The van der Waals surface area contributed by atoms with Gasteiger partial charge in [0, 0.05) is 26.3 Å². The van der Waals surface area contributed by atoms with Gasteiger partial charge in [0.05, 0.1) is 5.41 Å². The number of hydrogen-bond donors (Lipinski definition) is 2. The van der Waals surface area contributed by atoms with E-state index in [1.807, 2.05) is 6.92 Å². The first kappa shape index (κ1) is 11.5. The van der Waals surface area contributed by atoms with E-state index in [1.165, 1.54) is 0 Å². The van der Waals surface area contributed by atoms with E-state index in [-0.39, 0.29) is 11.3 Å². The second-order valence-corrected chi connectivity index (χ2v) is 3.79. The van der Waals surface area contributed by atoms with Crippen molar-refractivity contribution in [2.24, 2.45) is 11.1 Å². The molecule has 4 heteroatoms. The number of amides is 1. The number of ether oxygens (including phenoxy) is 1. The Morgan fingerprint density at radius 3 is 2.79 bits per heavy atom. The molecule has 0 atom stereocenters. The lowest BCUT2D eigenvalue weighted by molar-refractivity contribution is -0.126. The normalized spacial score (nSPS) is 17.9. The van der Waals surface area contributed by atoms with Crippen molar-refractivity contribution in [3.63, 3.8) is 0 Å². The summed E-state index contributed by atoms with van der Waals surface area (Å²) in [6.07, 6.45) is 2.77. The fraction of sp³-hybridized carbons (Fsp3) is 0.900. The van der Waals surface area contributed by atoms with E-state index >= 15 is 0 Å². The van der Waals surface area contributed by atoms with Crippen LogP contribution in [0.4, 0.5) is 0 Å². The Balaban J connectivity index is 2.04. The summed E-state index contributed by atoms with van der Waals surface area (Å²) >= 11 is 0. The van der Waals surface area contributed by atoms with Crippen LogP contribution >= 0.6 is 0 Å². The van der Waals surface area contributed by atoms with Crippen LogP contribution < -0.4 is 11.1 Å². The van der Waals surface area contributed by atoms with Gasteiger partial charge in [-0.25, -0.2) is 0 Å². The Bertz CT molecular complexity index is 191. The molecular weight excluding hydrogens is 180 g/mol. The Morgan fingerprint density at radius 1 is 1.57 bits per heavy atom. The summed E-state index contributed by atoms with van der Waals surface area (Å²) in [5.41, 5.74) is 5.32. The molecule has 0 aromatic heterocycles. The predicted molar refractivity (Wildman–Crippen MR) is 54.8 cm³/mol. The van der Waals surface area contributed by atoms with E-state index in [1.54, 1.807) is 0 Å². The van der Waals surface area contributed by atoms with Gasteiger partial charge in [-0.05, 0) is 26.2 Å². The van der Waals surface area contributed by atoms with Gasteiger partial charge in [0.25, 0.3) is 0 Å². The van der Waals surface area contributed by atoms with Crippen molar-refractivity contribution in [1.29, 1.82) is 0 Å². The molecule has 0 bridgehead atoms. The predicted octanol–water partition coefficient (Wildman–Crippen LogP) is 0.268. The van der Waals surface area contributed by atoms with E-state index in [9.17, 15) is 4.79 Å². The van der Waals surface area contributed by atoms with Gasteiger partial charge in [0.2, 0.25) is 5.91 Å². The Hall–Kier alpha value is -0.610. The standard InChI is InChI=1S/C10H20N2O2/c1-2-14-7-3-6-12-9(13)10(8-11)4-5-10/h2-8,11H2,1H3,(H,12,13). The van der Waals surface area contributed by atoms with E-state index < -0.39 is 0 Å². The van der Waals surface area contributed by atoms with Gasteiger partial charge >= 0.3 is 0 Å². The SMILES string of the molecule is CCOCCCNC(=O)C1(CN)CC1. The van der Waals surface area contributed by atoms with Crippen LogP contribution in [-0.2, 0) is 9.53 Å². The number of carbonyl (C=O) groups is 1. The fourth-order valence-corrected chi connectivity index (χ4v) is 1.38. The summed E-state index contributed by atoms with van der Waals surface area (Å²) in [7, 11) is 0. The highest BCUT2D eigenvalue weighted by Gasteiger charge is 2.48. The van der Waals surface area contributed by atoms with Crippen molar-refractivity contribution in [2.45, 2.75) is 26.2 Å². The van der Waals surface area contributed by atoms with Crippen molar-refractivity contribution >= 4 is 5.91 Å². The number of hydrogen-bond acceptors (Lipinski definition) is 3. The lowest BCUT2D eigenvalue weighted by atomic mass is 10.1. The van der Waals surface area contributed by atoms with Crippen molar-refractivity contribution in [1.82, 2.24) is 5.32 Å². The first-order chi connectivity index (χ1) is 6.75. The average Bonchev–Trinajstić information content (AvgIpc) is 2.98. The molecule has 0 aromatic rings. The van der Waals surface area contributed by atoms with Crippen LogP contribution in [0, 0.1) is 5.41 Å². The van der Waals surface area contributed by atoms with Crippen molar-refractivity contribution in [2.75, 3.05) is 26.3 Å². The molecule has 1 aliphatic carbocycles. The molecule has 4 nitrogen and oxygen atoms in total. The number of nitrogens with one attached hydrogen (secondary N) is 1. The highest BCUT2D eigenvalue weighted by atomic mass is 16.5. The molecule has 0 aromatic carbocycles. The molecule has 0 unspecified atom stereocenters. The first-order valence-corrected chi connectivity index (χ1v) is 5.31. The van der Waals surface area contributed by atoms with Crippen LogP contribution in [0.2, 0.25) is 0 Å². The van der Waals surface area contributed by atoms with Crippen molar-refractivity contribution in [3.05, 3.63) is 0 Å². The van der Waals surface area contributed by atoms with Gasteiger partial charge in [0.1, 0.15) is 0 Å². The molecule has 0 radical (unpaired) electrons. The van der Waals surface area contributed by atoms with Crippen molar-refractivity contribution < 1.29 is 9.53 Å². The highest BCUT2D eigenvalue weighted by Crippen LogP contribution is 2.44. The topological polar surface area (TPSA) is 64.3 Å². The summed E-state index contributed by atoms with van der Waals surface area (Å²) in [6, 6.07) is 0. The van der Waals surface area contributed by atoms with E-state index in [0.29, 0.717) is 19.7 Å². The minimum absolute atomic E-state index is 0.122. The van der Waals surface area contributed by atoms with Gasteiger partial charge in [0.15, 0.2) is 0 Å². The molecule has 1 aliphatic rings. The maximum atomic E-state index is 11.6. The molecule has 0 heterocycles. The van der Waals surface area contributed by atoms with Gasteiger partial charge in [-0.1, -0.05) is 0 Å². The molecule has 1 fully saturated rings. The van der Waals surface area contributed by atoms with Crippen LogP contribution in [0.3, 0.4) is 0 Å². The monoisotopic (exact) mass is 200 g/mol. The van der Waals surface area contributed by atoms with E-state index in [2.05, 4.69) is 5.32 Å². The molecule has 3 N–H and O–H groups in total. The summed E-state index contributed by atoms with van der Waals surface area (Å²) in [4.78, 5) is 11.6. The highest BCUT2D eigenvalue weighted by molar-refractivity contribution is 5.85. The summed E-state index contributed by atoms with van der Waals surface area (Å²) in [5.74, 6) is 0.122. The Morgan fingerprint density at radius 2 is 2.29 bits per heavy atom. The van der Waals surface area contributed by atoms with Gasteiger partial charge in [-0.15, -0.1) is 0 Å². The third-order valence-corrected chi connectivity index (χ3v) is 2.68. The van der Waals surface area contributed by atoms with Crippen molar-refractivity contribution in [3.8, 4) is 0 Å². The minimum Gasteiger partial charge on any atom is -0.382 e. The molecule has 0 aliphatic heterocycles. The second kappa shape index (κ2) is 5.32. The minimum atomic E-state index is -0.217. The zero-order valence-electron chi connectivity index (χ0n) is 8.84. The molecule has 82 valence electrons. The van der Waals surface area contributed by atoms with E-state index in [0.717, 1.165) is 25.9 Å². The third-order valence-electron chi connectivity index (χ3n) is 2.68. The molecule has 14 heavy (non-hydrogen) atoms. The molecule has 0 saturated heterocycles. The smallest absolute Gasteiger partial charge is 0.227 e. The second-order valence-electron chi connectivity index (χ2n) is 3.79. The zero-order valence-corrected chi connectivity index (χ0v) is 8.84. The summed E-state index contributed by atoms with van der Waals surface area (Å²) in [6.45, 7) is 4.59. The summed E-state index contributed by atoms with van der Waals surface area (Å²) in [5, 5.41) is 2.90.